The van der Waals surface area contributed by atoms with Gasteiger partial charge in [0.2, 0.25) is 0 Å². The van der Waals surface area contributed by atoms with Crippen LogP contribution in [-0.2, 0) is 22.6 Å². The van der Waals surface area contributed by atoms with Gasteiger partial charge in [0.05, 0.1) is 6.61 Å². The topological polar surface area (TPSA) is 59.7 Å². The number of ether oxygens (including phenoxy) is 1. The van der Waals surface area contributed by atoms with E-state index in [1.807, 2.05) is 0 Å². The molecule has 1 rings (SSSR count). The summed E-state index contributed by atoms with van der Waals surface area (Å²) in [4.78, 5) is 10.3. The zero-order chi connectivity index (χ0) is 9.84. The molecule has 5 heteroatoms. The molecule has 1 aromatic rings. The molecule has 0 unspecified atom stereocenters. The van der Waals surface area contributed by atoms with Gasteiger partial charge in [-0.3, -0.25) is 4.79 Å². The molecule has 0 saturated heterocycles. The van der Waals surface area contributed by atoms with E-state index in [-0.39, 0.29) is 6.42 Å². The molecule has 72 valence electrons. The number of carbonyl (C=O) groups is 1. The highest BCUT2D eigenvalue weighted by molar-refractivity contribution is 9.10. The molecule has 0 amide bonds. The molecule has 0 saturated carbocycles. The number of carboxylic acids is 1. The van der Waals surface area contributed by atoms with Crippen molar-refractivity contribution >= 4 is 21.9 Å². The fraction of sp³-hybridized carbons (Fsp3) is 0.375. The molecule has 4 nitrogen and oxygen atoms in total. The van der Waals surface area contributed by atoms with Crippen LogP contribution in [0.15, 0.2) is 15.2 Å². The van der Waals surface area contributed by atoms with Crippen LogP contribution in [0.25, 0.3) is 0 Å². The van der Waals surface area contributed by atoms with E-state index in [1.165, 1.54) is 0 Å². The monoisotopic (exact) mass is 248 g/mol. The van der Waals surface area contributed by atoms with E-state index in [0.717, 1.165) is 5.56 Å². The summed E-state index contributed by atoms with van der Waals surface area (Å²) in [5.74, 6) is -0.489. The SMILES string of the molecule is COCc1cc(CC(=O)O)oc1Br. The van der Waals surface area contributed by atoms with E-state index in [2.05, 4.69) is 15.9 Å². The first-order valence-electron chi connectivity index (χ1n) is 3.61. The van der Waals surface area contributed by atoms with Crippen LogP contribution < -0.4 is 0 Å². The van der Waals surface area contributed by atoms with Crippen LogP contribution in [0, 0.1) is 0 Å². The van der Waals surface area contributed by atoms with Gasteiger partial charge in [-0.15, -0.1) is 0 Å². The summed E-state index contributed by atoms with van der Waals surface area (Å²) in [6.45, 7) is 0.406. The lowest BCUT2D eigenvalue weighted by Crippen LogP contribution is -1.98. The van der Waals surface area contributed by atoms with Crippen molar-refractivity contribution in [3.63, 3.8) is 0 Å². The van der Waals surface area contributed by atoms with Crippen LogP contribution in [0.3, 0.4) is 0 Å². The number of carboxylic acid groups (broad SMARTS) is 1. The lowest BCUT2D eigenvalue weighted by atomic mass is 10.3. The highest BCUT2D eigenvalue weighted by atomic mass is 79.9. The molecule has 0 aliphatic heterocycles. The Balaban J connectivity index is 2.76. The van der Waals surface area contributed by atoms with Crippen molar-refractivity contribution in [2.75, 3.05) is 7.11 Å². The van der Waals surface area contributed by atoms with Crippen molar-refractivity contribution in [3.8, 4) is 0 Å². The van der Waals surface area contributed by atoms with Crippen molar-refractivity contribution in [2.45, 2.75) is 13.0 Å². The molecule has 13 heavy (non-hydrogen) atoms. The first-order valence-corrected chi connectivity index (χ1v) is 4.40. The van der Waals surface area contributed by atoms with Gasteiger partial charge in [-0.25, -0.2) is 0 Å². The maximum Gasteiger partial charge on any atom is 0.311 e. The zero-order valence-electron chi connectivity index (χ0n) is 7.04. The van der Waals surface area contributed by atoms with Crippen molar-refractivity contribution in [1.29, 1.82) is 0 Å². The van der Waals surface area contributed by atoms with E-state index in [9.17, 15) is 4.79 Å². The third-order valence-electron chi connectivity index (χ3n) is 1.43. The number of hydrogen-bond acceptors (Lipinski definition) is 3. The van der Waals surface area contributed by atoms with E-state index in [1.54, 1.807) is 13.2 Å². The minimum absolute atomic E-state index is 0.109. The maximum absolute atomic E-state index is 10.3. The summed E-state index contributed by atoms with van der Waals surface area (Å²) in [7, 11) is 1.57. The highest BCUT2D eigenvalue weighted by Crippen LogP contribution is 2.22. The summed E-state index contributed by atoms with van der Waals surface area (Å²) in [5.41, 5.74) is 0.818. The van der Waals surface area contributed by atoms with Crippen molar-refractivity contribution in [3.05, 3.63) is 22.1 Å². The molecule has 0 aliphatic carbocycles. The molecule has 0 aromatic carbocycles. The normalized spacial score (nSPS) is 10.3. The second kappa shape index (κ2) is 4.43. The van der Waals surface area contributed by atoms with Gasteiger partial charge in [0, 0.05) is 12.7 Å². The number of rotatable bonds is 4. The zero-order valence-corrected chi connectivity index (χ0v) is 8.63. The Morgan fingerprint density at radius 2 is 2.46 bits per heavy atom. The van der Waals surface area contributed by atoms with Gasteiger partial charge in [0.1, 0.15) is 12.2 Å². The molecule has 0 radical (unpaired) electrons. The largest absolute Gasteiger partial charge is 0.481 e. The number of furan rings is 1. The molecular weight excluding hydrogens is 240 g/mol. The van der Waals surface area contributed by atoms with Gasteiger partial charge in [-0.1, -0.05) is 0 Å². The number of methoxy groups -OCH3 is 1. The van der Waals surface area contributed by atoms with Crippen LogP contribution in [-0.4, -0.2) is 18.2 Å². The summed E-state index contributed by atoms with van der Waals surface area (Å²) in [6, 6.07) is 1.67. The average molecular weight is 249 g/mol. The maximum atomic E-state index is 10.3. The molecule has 0 bridgehead atoms. The summed E-state index contributed by atoms with van der Waals surface area (Å²) in [5, 5.41) is 8.49. The smallest absolute Gasteiger partial charge is 0.311 e. The fourth-order valence-corrected chi connectivity index (χ4v) is 1.39. The van der Waals surface area contributed by atoms with E-state index < -0.39 is 5.97 Å². The summed E-state index contributed by atoms with van der Waals surface area (Å²) < 4.78 is 10.6. The molecule has 0 fully saturated rings. The number of halogens is 1. The third kappa shape index (κ3) is 2.86. The highest BCUT2D eigenvalue weighted by Gasteiger charge is 2.10. The van der Waals surface area contributed by atoms with Crippen LogP contribution in [0.5, 0.6) is 0 Å². The molecule has 1 heterocycles. The predicted octanol–water partition coefficient (Wildman–Crippen LogP) is 1.82. The minimum Gasteiger partial charge on any atom is -0.481 e. The molecule has 0 spiro atoms. The summed E-state index contributed by atoms with van der Waals surface area (Å²) in [6.07, 6.45) is -0.109. The van der Waals surface area contributed by atoms with Gasteiger partial charge < -0.3 is 14.3 Å². The summed E-state index contributed by atoms with van der Waals surface area (Å²) >= 11 is 3.17. The third-order valence-corrected chi connectivity index (χ3v) is 2.10. The average Bonchev–Trinajstić information content (AvgIpc) is 2.31. The van der Waals surface area contributed by atoms with Gasteiger partial charge in [0.25, 0.3) is 0 Å². The second-order valence-corrected chi connectivity index (χ2v) is 3.24. The Bertz CT molecular complexity index is 305. The lowest BCUT2D eigenvalue weighted by Gasteiger charge is -1.91. The molecule has 1 aromatic heterocycles. The molecule has 1 N–H and O–H groups in total. The van der Waals surface area contributed by atoms with E-state index >= 15 is 0 Å². The Kier molecular flexibility index (Phi) is 3.50. The molecule has 0 aliphatic rings. The predicted molar refractivity (Wildman–Crippen MR) is 48.5 cm³/mol. The van der Waals surface area contributed by atoms with Crippen LogP contribution >= 0.6 is 15.9 Å². The second-order valence-electron chi connectivity index (χ2n) is 2.52. The fourth-order valence-electron chi connectivity index (χ4n) is 0.951. The Labute approximate surface area is 83.6 Å². The van der Waals surface area contributed by atoms with Crippen molar-refractivity contribution in [1.82, 2.24) is 0 Å². The van der Waals surface area contributed by atoms with Gasteiger partial charge >= 0.3 is 5.97 Å². The number of aliphatic carboxylic acids is 1. The minimum atomic E-state index is -0.912. The van der Waals surface area contributed by atoms with Crippen LogP contribution in [0.4, 0.5) is 0 Å². The van der Waals surface area contributed by atoms with Crippen LogP contribution in [0.2, 0.25) is 0 Å². The van der Waals surface area contributed by atoms with Gasteiger partial charge in [0.15, 0.2) is 4.67 Å². The standard InChI is InChI=1S/C8H9BrO4/c1-12-4-5-2-6(3-7(10)11)13-8(5)9/h2H,3-4H2,1H3,(H,10,11). The molecule has 0 atom stereocenters. The Hall–Kier alpha value is -0.810. The van der Waals surface area contributed by atoms with Crippen molar-refractivity contribution < 1.29 is 19.1 Å². The van der Waals surface area contributed by atoms with Gasteiger partial charge in [-0.05, 0) is 22.0 Å². The van der Waals surface area contributed by atoms with Gasteiger partial charge in [-0.2, -0.15) is 0 Å². The van der Waals surface area contributed by atoms with E-state index in [4.69, 9.17) is 14.3 Å². The molecular formula is C8H9BrO4. The Morgan fingerprint density at radius 3 is 3.00 bits per heavy atom. The first kappa shape index (κ1) is 10.3. The van der Waals surface area contributed by atoms with E-state index in [0.29, 0.717) is 17.0 Å². The number of hydrogen-bond donors (Lipinski definition) is 1. The Morgan fingerprint density at radius 1 is 1.77 bits per heavy atom. The lowest BCUT2D eigenvalue weighted by molar-refractivity contribution is -0.136. The van der Waals surface area contributed by atoms with Crippen LogP contribution in [0.1, 0.15) is 11.3 Å². The van der Waals surface area contributed by atoms with Crippen molar-refractivity contribution in [2.24, 2.45) is 0 Å². The quantitative estimate of drug-likeness (QED) is 0.883. The first-order chi connectivity index (χ1) is 6.13.